The van der Waals surface area contributed by atoms with E-state index in [0.29, 0.717) is 31.6 Å². The Labute approximate surface area is 151 Å². The summed E-state index contributed by atoms with van der Waals surface area (Å²) in [6.07, 6.45) is 1.65. The van der Waals surface area contributed by atoms with Crippen molar-refractivity contribution in [3.8, 4) is 0 Å². The average Bonchev–Trinajstić information content (AvgIpc) is 3.13. The summed E-state index contributed by atoms with van der Waals surface area (Å²) in [6.45, 7) is 4.07. The van der Waals surface area contributed by atoms with E-state index in [2.05, 4.69) is 11.0 Å². The topological polar surface area (TPSA) is 51.4 Å². The van der Waals surface area contributed by atoms with Crippen LogP contribution < -0.4 is 4.80 Å². The molecule has 2 heterocycles. The lowest BCUT2D eigenvalue weighted by molar-refractivity contribution is 0.598. The highest BCUT2D eigenvalue weighted by Crippen LogP contribution is 2.32. The number of benzene rings is 1. The zero-order chi connectivity index (χ0) is 16.6. The highest BCUT2D eigenvalue weighted by molar-refractivity contribution is 7.92. The van der Waals surface area contributed by atoms with Gasteiger partial charge in [0.2, 0.25) is 4.80 Å². The van der Waals surface area contributed by atoms with Gasteiger partial charge in [-0.05, 0) is 23.6 Å². The second-order valence-corrected chi connectivity index (χ2v) is 9.06. The Morgan fingerprint density at radius 1 is 1.26 bits per heavy atom. The number of nitrogens with zero attached hydrogens (tertiary/aromatic N) is 2. The third kappa shape index (κ3) is 3.12. The van der Waals surface area contributed by atoms with Gasteiger partial charge in [-0.3, -0.25) is 0 Å². The lowest BCUT2D eigenvalue weighted by atomic mass is 10.3. The van der Waals surface area contributed by atoms with Crippen molar-refractivity contribution in [2.75, 3.05) is 0 Å². The molecule has 4 nitrogen and oxygen atoms in total. The molecule has 23 heavy (non-hydrogen) atoms. The first-order chi connectivity index (χ1) is 10.9. The van der Waals surface area contributed by atoms with Gasteiger partial charge >= 0.3 is 0 Å². The van der Waals surface area contributed by atoms with Crippen molar-refractivity contribution in [3.63, 3.8) is 0 Å². The van der Waals surface area contributed by atoms with Gasteiger partial charge in [0, 0.05) is 6.54 Å². The van der Waals surface area contributed by atoms with E-state index >= 15 is 0 Å². The number of halogens is 2. The number of aromatic nitrogens is 1. The normalized spacial score (nSPS) is 12.9. The second kappa shape index (κ2) is 6.41. The summed E-state index contributed by atoms with van der Waals surface area (Å²) < 4.78 is 31.4. The Morgan fingerprint density at radius 2 is 2.00 bits per heavy atom. The van der Waals surface area contributed by atoms with Crippen LogP contribution in [-0.2, 0) is 16.6 Å². The summed E-state index contributed by atoms with van der Waals surface area (Å²) in [7, 11) is -3.77. The summed E-state index contributed by atoms with van der Waals surface area (Å²) in [5.74, 6) is 0. The van der Waals surface area contributed by atoms with Crippen molar-refractivity contribution in [3.05, 3.63) is 57.1 Å². The molecule has 0 saturated heterocycles. The van der Waals surface area contributed by atoms with Crippen molar-refractivity contribution in [1.29, 1.82) is 0 Å². The number of thiophene rings is 1. The quantitative estimate of drug-likeness (QED) is 0.598. The molecule has 0 aliphatic heterocycles. The molecule has 120 valence electrons. The molecule has 1 aromatic carbocycles. The van der Waals surface area contributed by atoms with Crippen molar-refractivity contribution in [1.82, 2.24) is 4.57 Å². The molecule has 3 aromatic rings. The zero-order valence-corrected chi connectivity index (χ0v) is 15.5. The molecular weight excluding hydrogens is 395 g/mol. The smallest absolute Gasteiger partial charge is 0.294 e. The van der Waals surface area contributed by atoms with Gasteiger partial charge in [-0.25, -0.2) is 0 Å². The minimum absolute atomic E-state index is 0.192. The zero-order valence-electron chi connectivity index (χ0n) is 11.6. The standard InChI is InChI=1S/C14H10Cl2N2O2S3/c1-2-7-18-12-9(15)5-6-10(16)13(12)22-14(18)17-23(19,20)11-4-3-8-21-11/h2-6,8H,1,7H2. The summed E-state index contributed by atoms with van der Waals surface area (Å²) in [5.41, 5.74) is 0.657. The lowest BCUT2D eigenvalue weighted by Crippen LogP contribution is -2.16. The van der Waals surface area contributed by atoms with Gasteiger partial charge in [-0.1, -0.05) is 46.7 Å². The molecule has 0 N–H and O–H groups in total. The molecule has 0 unspecified atom stereocenters. The third-order valence-corrected chi connectivity index (χ3v) is 7.59. The van der Waals surface area contributed by atoms with Crippen LogP contribution in [-0.4, -0.2) is 13.0 Å². The van der Waals surface area contributed by atoms with E-state index < -0.39 is 10.0 Å². The van der Waals surface area contributed by atoms with Crippen molar-refractivity contribution in [2.24, 2.45) is 4.40 Å². The van der Waals surface area contributed by atoms with Gasteiger partial charge in [0.05, 0.1) is 20.3 Å². The number of hydrogen-bond donors (Lipinski definition) is 0. The van der Waals surface area contributed by atoms with Crippen molar-refractivity contribution < 1.29 is 8.42 Å². The molecular formula is C14H10Cl2N2O2S3. The summed E-state index contributed by atoms with van der Waals surface area (Å²) >= 11 is 14.8. The molecule has 0 radical (unpaired) electrons. The highest BCUT2D eigenvalue weighted by atomic mass is 35.5. The molecule has 0 atom stereocenters. The maximum atomic E-state index is 12.4. The fraction of sp³-hybridized carbons (Fsp3) is 0.0714. The van der Waals surface area contributed by atoms with Gasteiger partial charge < -0.3 is 4.57 Å². The van der Waals surface area contributed by atoms with E-state index in [4.69, 9.17) is 23.2 Å². The minimum Gasteiger partial charge on any atom is -0.311 e. The monoisotopic (exact) mass is 404 g/mol. The molecule has 0 bridgehead atoms. The van der Waals surface area contributed by atoms with E-state index in [0.717, 1.165) is 11.3 Å². The minimum atomic E-state index is -3.77. The van der Waals surface area contributed by atoms with Crippen LogP contribution in [0, 0.1) is 0 Å². The van der Waals surface area contributed by atoms with Crippen LogP contribution in [0.1, 0.15) is 0 Å². The summed E-state index contributed by atoms with van der Waals surface area (Å²) in [5, 5.41) is 2.68. The van der Waals surface area contributed by atoms with Crippen LogP contribution >= 0.6 is 45.9 Å². The molecule has 0 aliphatic rings. The van der Waals surface area contributed by atoms with E-state index in [-0.39, 0.29) is 4.21 Å². The molecule has 0 amide bonds. The number of hydrogen-bond acceptors (Lipinski definition) is 4. The fourth-order valence-corrected chi connectivity index (χ4v) is 5.86. The first kappa shape index (κ1) is 16.7. The molecule has 9 heteroatoms. The predicted molar refractivity (Wildman–Crippen MR) is 97.1 cm³/mol. The number of allylic oxidation sites excluding steroid dienone is 1. The van der Waals surface area contributed by atoms with Crippen molar-refractivity contribution in [2.45, 2.75) is 10.8 Å². The highest BCUT2D eigenvalue weighted by Gasteiger charge is 2.17. The first-order valence-electron chi connectivity index (χ1n) is 6.37. The van der Waals surface area contributed by atoms with E-state index in [9.17, 15) is 8.42 Å². The van der Waals surface area contributed by atoms with E-state index in [1.54, 1.807) is 34.2 Å². The van der Waals surface area contributed by atoms with Crippen LogP contribution in [0.5, 0.6) is 0 Å². The molecule has 0 spiro atoms. The van der Waals surface area contributed by atoms with Gasteiger partial charge in [0.15, 0.2) is 0 Å². The van der Waals surface area contributed by atoms with Crippen LogP contribution in [0.15, 0.2) is 50.9 Å². The molecule has 3 rings (SSSR count). The molecule has 0 saturated carbocycles. The first-order valence-corrected chi connectivity index (χ1v) is 10.3. The Bertz CT molecular complexity index is 1050. The van der Waals surface area contributed by atoms with E-state index in [1.165, 1.54) is 17.4 Å². The number of fused-ring (bicyclic) bond motifs is 1. The Kier molecular flexibility index (Phi) is 4.66. The molecule has 0 fully saturated rings. The molecule has 0 aliphatic carbocycles. The largest absolute Gasteiger partial charge is 0.311 e. The van der Waals surface area contributed by atoms with Gasteiger partial charge in [0.25, 0.3) is 10.0 Å². The maximum absolute atomic E-state index is 12.4. The average molecular weight is 405 g/mol. The summed E-state index contributed by atoms with van der Waals surface area (Å²) in [6, 6.07) is 6.55. The van der Waals surface area contributed by atoms with Gasteiger partial charge in [0.1, 0.15) is 4.21 Å². The van der Waals surface area contributed by atoms with Crippen LogP contribution in [0.4, 0.5) is 0 Å². The van der Waals surface area contributed by atoms with Crippen LogP contribution in [0.25, 0.3) is 10.2 Å². The second-order valence-electron chi connectivity index (χ2n) is 4.49. The van der Waals surface area contributed by atoms with Crippen LogP contribution in [0.3, 0.4) is 0 Å². The lowest BCUT2D eigenvalue weighted by Gasteiger charge is -2.03. The SMILES string of the molecule is C=CCn1c(=NS(=O)(=O)c2cccs2)sc2c(Cl)ccc(Cl)c21. The Hall–Kier alpha value is -1.12. The van der Waals surface area contributed by atoms with E-state index in [1.807, 2.05) is 0 Å². The number of rotatable bonds is 4. The summed E-state index contributed by atoms with van der Waals surface area (Å²) in [4.78, 5) is 0.309. The van der Waals surface area contributed by atoms with Crippen LogP contribution in [0.2, 0.25) is 10.0 Å². The molecule has 2 aromatic heterocycles. The fourth-order valence-electron chi connectivity index (χ4n) is 2.04. The maximum Gasteiger partial charge on any atom is 0.294 e. The van der Waals surface area contributed by atoms with Gasteiger partial charge in [-0.2, -0.15) is 8.42 Å². The number of thiazole rings is 1. The predicted octanol–water partition coefficient (Wildman–Crippen LogP) is 4.55. The third-order valence-electron chi connectivity index (χ3n) is 2.99. The van der Waals surface area contributed by atoms with Crippen molar-refractivity contribution >= 4 is 66.1 Å². The van der Waals surface area contributed by atoms with Gasteiger partial charge in [-0.15, -0.1) is 22.3 Å². The Balaban J connectivity index is 2.36. The Morgan fingerprint density at radius 3 is 2.65 bits per heavy atom. The number of sulfonamides is 1.